The van der Waals surface area contributed by atoms with Crippen LogP contribution in [0.15, 0.2) is 24.4 Å². The lowest BCUT2D eigenvalue weighted by atomic mass is 9.96. The van der Waals surface area contributed by atoms with Crippen molar-refractivity contribution in [3.8, 4) is 0 Å². The van der Waals surface area contributed by atoms with Crippen LogP contribution >= 0.6 is 0 Å². The molecule has 2 rings (SSSR count). The Kier molecular flexibility index (Phi) is 4.25. The van der Waals surface area contributed by atoms with Gasteiger partial charge < -0.3 is 5.32 Å². The van der Waals surface area contributed by atoms with E-state index in [9.17, 15) is 35.9 Å². The van der Waals surface area contributed by atoms with Crippen molar-refractivity contribution in [1.82, 2.24) is 4.98 Å². The van der Waals surface area contributed by atoms with Gasteiger partial charge in [-0.15, -0.1) is 0 Å². The summed E-state index contributed by atoms with van der Waals surface area (Å²) in [5.41, 5.74) is -2.93. The highest BCUT2D eigenvalue weighted by Gasteiger charge is 2.44. The van der Waals surface area contributed by atoms with Crippen LogP contribution in [-0.2, 0) is 0 Å². The molecule has 0 radical (unpaired) electrons. The minimum absolute atomic E-state index is 0.293. The number of nitrogens with one attached hydrogen (secondary N) is 1. The van der Waals surface area contributed by atoms with E-state index in [1.165, 1.54) is 13.1 Å². The van der Waals surface area contributed by atoms with Gasteiger partial charge in [0, 0.05) is 24.2 Å². The van der Waals surface area contributed by atoms with Gasteiger partial charge in [-0.05, 0) is 12.1 Å². The van der Waals surface area contributed by atoms with Gasteiger partial charge in [0.25, 0.3) is 11.6 Å². The average molecular weight is 350 g/mol. The molecule has 0 saturated carbocycles. The van der Waals surface area contributed by atoms with Crippen molar-refractivity contribution in [1.29, 1.82) is 0 Å². The van der Waals surface area contributed by atoms with Gasteiger partial charge >= 0.3 is 12.4 Å². The molecule has 0 aliphatic heterocycles. The van der Waals surface area contributed by atoms with E-state index in [1.54, 1.807) is 0 Å². The van der Waals surface area contributed by atoms with Gasteiger partial charge in [-0.2, -0.15) is 26.3 Å². The quantitative estimate of drug-likeness (QED) is 0.676. The molecule has 1 heterocycles. The third-order valence-electron chi connectivity index (χ3n) is 3.15. The highest BCUT2D eigenvalue weighted by molar-refractivity contribution is 6.18. The molecule has 0 fully saturated rings. The molecule has 0 aliphatic rings. The number of halogens is 6. The fourth-order valence-corrected chi connectivity index (χ4v) is 2.17. The van der Waals surface area contributed by atoms with Crippen molar-refractivity contribution >= 4 is 28.2 Å². The van der Waals surface area contributed by atoms with E-state index in [-0.39, 0.29) is 10.9 Å². The van der Waals surface area contributed by atoms with Crippen LogP contribution in [0, 0.1) is 0 Å². The molecule has 0 saturated heterocycles. The van der Waals surface area contributed by atoms with Crippen LogP contribution in [-0.4, -0.2) is 36.0 Å². The third-order valence-corrected chi connectivity index (χ3v) is 3.15. The fourth-order valence-electron chi connectivity index (χ4n) is 2.17. The second-order valence-electron chi connectivity index (χ2n) is 4.65. The number of hydrogen-bond acceptors (Lipinski definition) is 4. The number of anilines is 1. The lowest BCUT2D eigenvalue weighted by Gasteiger charge is -2.16. The Labute approximate surface area is 130 Å². The Morgan fingerprint density at radius 1 is 1.00 bits per heavy atom. The van der Waals surface area contributed by atoms with Crippen LogP contribution in [0.1, 0.15) is 20.7 Å². The number of carbonyl (C=O) groups is 2. The first-order valence-corrected chi connectivity index (χ1v) is 6.31. The van der Waals surface area contributed by atoms with Crippen molar-refractivity contribution in [2.75, 3.05) is 12.4 Å². The summed E-state index contributed by atoms with van der Waals surface area (Å²) < 4.78 is 76.3. The summed E-state index contributed by atoms with van der Waals surface area (Å²) >= 11 is 0. The molecule has 1 aromatic carbocycles. The minimum atomic E-state index is -5.33. The van der Waals surface area contributed by atoms with E-state index in [4.69, 9.17) is 0 Å². The summed E-state index contributed by atoms with van der Waals surface area (Å²) in [6, 6.07) is 2.62. The summed E-state index contributed by atoms with van der Waals surface area (Å²) in [6.45, 7) is 0. The van der Waals surface area contributed by atoms with Gasteiger partial charge in [0.2, 0.25) is 0 Å². The smallest absolute Gasteiger partial charge is 0.386 e. The Morgan fingerprint density at radius 3 is 2.04 bits per heavy atom. The summed E-state index contributed by atoms with van der Waals surface area (Å²) in [7, 11) is 1.18. The van der Waals surface area contributed by atoms with Gasteiger partial charge in [0.05, 0.1) is 16.8 Å². The zero-order valence-electron chi connectivity index (χ0n) is 11.8. The summed E-state index contributed by atoms with van der Waals surface area (Å²) in [5, 5.41) is 2.00. The molecule has 0 unspecified atom stereocenters. The number of aromatic nitrogens is 1. The number of benzene rings is 1. The lowest BCUT2D eigenvalue weighted by Crippen LogP contribution is -2.26. The SMILES string of the molecule is CNc1c(C(=O)C(F)(F)F)cc(C(=O)C(F)(F)F)c2cccnc12. The molecule has 4 nitrogen and oxygen atoms in total. The standard InChI is InChI=1S/C14H8F6N2O2/c1-21-9-8(12(24)14(18,19)20)5-7(11(23)13(15,16)17)6-3-2-4-22-10(6)9/h2-5,21H,1H3. The molecule has 1 N–H and O–H groups in total. The van der Waals surface area contributed by atoms with E-state index in [2.05, 4.69) is 10.3 Å². The average Bonchev–Trinajstić information content (AvgIpc) is 2.50. The van der Waals surface area contributed by atoms with Crippen molar-refractivity contribution in [2.24, 2.45) is 0 Å². The van der Waals surface area contributed by atoms with Crippen LogP contribution in [0.25, 0.3) is 10.9 Å². The van der Waals surface area contributed by atoms with Gasteiger partial charge in [-0.3, -0.25) is 14.6 Å². The maximum Gasteiger partial charge on any atom is 0.454 e. The van der Waals surface area contributed by atoms with Crippen molar-refractivity contribution in [2.45, 2.75) is 12.4 Å². The van der Waals surface area contributed by atoms with Crippen LogP contribution in [0.4, 0.5) is 32.0 Å². The largest absolute Gasteiger partial charge is 0.454 e. The summed E-state index contributed by atoms with van der Waals surface area (Å²) in [6.07, 6.45) is -9.53. The number of Topliss-reactive ketones (excluding diaryl/α,β-unsaturated/α-hetero) is 2. The monoisotopic (exact) mass is 350 g/mol. The number of pyridine rings is 1. The predicted octanol–water partition coefficient (Wildman–Crippen LogP) is 3.77. The Morgan fingerprint density at radius 2 is 1.54 bits per heavy atom. The fraction of sp³-hybridized carbons (Fsp3) is 0.214. The highest BCUT2D eigenvalue weighted by atomic mass is 19.4. The predicted molar refractivity (Wildman–Crippen MR) is 72.1 cm³/mol. The van der Waals surface area contributed by atoms with Gasteiger partial charge in [-0.25, -0.2) is 0 Å². The molecule has 0 bridgehead atoms. The van der Waals surface area contributed by atoms with Crippen molar-refractivity contribution in [3.05, 3.63) is 35.5 Å². The number of nitrogens with zero attached hydrogens (tertiary/aromatic N) is 1. The molecule has 0 spiro atoms. The molecule has 0 atom stereocenters. The van der Waals surface area contributed by atoms with Crippen molar-refractivity contribution < 1.29 is 35.9 Å². The minimum Gasteiger partial charge on any atom is -0.386 e. The van der Waals surface area contributed by atoms with Crippen LogP contribution in [0.2, 0.25) is 0 Å². The van der Waals surface area contributed by atoms with Crippen molar-refractivity contribution in [3.63, 3.8) is 0 Å². The van der Waals surface area contributed by atoms with E-state index in [0.717, 1.165) is 12.3 Å². The second-order valence-corrected chi connectivity index (χ2v) is 4.65. The number of alkyl halides is 6. The molecule has 0 aliphatic carbocycles. The third kappa shape index (κ3) is 3.03. The van der Waals surface area contributed by atoms with Gasteiger partial charge in [0.15, 0.2) is 0 Å². The van der Waals surface area contributed by atoms with Crippen LogP contribution < -0.4 is 5.32 Å². The normalized spacial score (nSPS) is 12.3. The first-order valence-electron chi connectivity index (χ1n) is 6.31. The Hall–Kier alpha value is -2.65. The summed E-state index contributed by atoms with van der Waals surface area (Å²) in [4.78, 5) is 26.8. The maximum absolute atomic E-state index is 12.7. The molecule has 2 aromatic rings. The molecular formula is C14H8F6N2O2. The zero-order valence-corrected chi connectivity index (χ0v) is 11.8. The van der Waals surface area contributed by atoms with E-state index in [0.29, 0.717) is 6.07 Å². The highest BCUT2D eigenvalue weighted by Crippen LogP contribution is 2.35. The summed E-state index contributed by atoms with van der Waals surface area (Å²) in [5.74, 6) is -4.74. The number of ketones is 2. The lowest BCUT2D eigenvalue weighted by molar-refractivity contribution is -0.0886. The first kappa shape index (κ1) is 17.7. The molecule has 24 heavy (non-hydrogen) atoms. The van der Waals surface area contributed by atoms with Gasteiger partial charge in [0.1, 0.15) is 0 Å². The molecule has 128 valence electrons. The Bertz CT molecular complexity index is 826. The topological polar surface area (TPSA) is 59.1 Å². The molecule has 1 aromatic heterocycles. The number of rotatable bonds is 3. The zero-order chi connectivity index (χ0) is 18.3. The molecular weight excluding hydrogens is 342 g/mol. The van der Waals surface area contributed by atoms with E-state index < -0.39 is 40.7 Å². The number of hydrogen-bond donors (Lipinski definition) is 1. The Balaban J connectivity index is 2.90. The van der Waals surface area contributed by atoms with Gasteiger partial charge in [-0.1, -0.05) is 6.07 Å². The number of carbonyl (C=O) groups excluding carboxylic acids is 2. The maximum atomic E-state index is 12.7. The first-order chi connectivity index (χ1) is 11.0. The van der Waals surface area contributed by atoms with Crippen LogP contribution in [0.5, 0.6) is 0 Å². The van der Waals surface area contributed by atoms with E-state index >= 15 is 0 Å². The molecule has 0 amide bonds. The van der Waals surface area contributed by atoms with E-state index in [1.807, 2.05) is 0 Å². The van der Waals surface area contributed by atoms with Crippen LogP contribution in [0.3, 0.4) is 0 Å². The second kappa shape index (κ2) is 5.77. The molecule has 10 heteroatoms. The number of fused-ring (bicyclic) bond motifs is 1.